The minimum atomic E-state index is -0.711. The molecule has 4 heteroatoms. The first-order valence-corrected chi connectivity index (χ1v) is 7.67. The number of esters is 1. The lowest BCUT2D eigenvalue weighted by atomic mass is 9.86. The lowest BCUT2D eigenvalue weighted by Gasteiger charge is -2.26. The van der Waals surface area contributed by atoms with Crippen LogP contribution in [0.1, 0.15) is 36.5 Å². The van der Waals surface area contributed by atoms with Gasteiger partial charge in [-0.15, -0.1) is 0 Å². The highest BCUT2D eigenvalue weighted by atomic mass is 19.1. The maximum atomic E-state index is 14.5. The van der Waals surface area contributed by atoms with Gasteiger partial charge < -0.3 is 10.5 Å². The fourth-order valence-electron chi connectivity index (χ4n) is 2.61. The van der Waals surface area contributed by atoms with Crippen molar-refractivity contribution < 1.29 is 13.9 Å². The monoisotopic (exact) mass is 315 g/mol. The summed E-state index contributed by atoms with van der Waals surface area (Å²) in [4.78, 5) is 11.8. The number of carbonyl (C=O) groups is 1. The molecule has 3 nitrogen and oxygen atoms in total. The van der Waals surface area contributed by atoms with E-state index in [2.05, 4.69) is 0 Å². The highest BCUT2D eigenvalue weighted by molar-refractivity contribution is 5.75. The van der Waals surface area contributed by atoms with Crippen LogP contribution in [0, 0.1) is 12.7 Å². The molecule has 2 aromatic rings. The Morgan fingerprint density at radius 1 is 1.13 bits per heavy atom. The summed E-state index contributed by atoms with van der Waals surface area (Å²) in [6, 6.07) is 13.9. The number of ether oxygens (including phenoxy) is 1. The quantitative estimate of drug-likeness (QED) is 0.859. The van der Waals surface area contributed by atoms with E-state index in [4.69, 9.17) is 10.5 Å². The molecule has 23 heavy (non-hydrogen) atoms. The molecule has 2 aromatic carbocycles. The van der Waals surface area contributed by atoms with Gasteiger partial charge in [0.25, 0.3) is 0 Å². The largest absolute Gasteiger partial charge is 0.461 e. The van der Waals surface area contributed by atoms with E-state index in [1.54, 1.807) is 19.9 Å². The maximum Gasteiger partial charge on any atom is 0.322 e. The van der Waals surface area contributed by atoms with Crippen molar-refractivity contribution in [2.45, 2.75) is 38.8 Å². The van der Waals surface area contributed by atoms with Crippen molar-refractivity contribution in [2.75, 3.05) is 0 Å². The smallest absolute Gasteiger partial charge is 0.322 e. The highest BCUT2D eigenvalue weighted by Crippen LogP contribution is 2.32. The Bertz CT molecular complexity index is 670. The van der Waals surface area contributed by atoms with Crippen molar-refractivity contribution in [1.29, 1.82) is 0 Å². The molecule has 0 radical (unpaired) electrons. The molecule has 0 bridgehead atoms. The van der Waals surface area contributed by atoms with Crippen LogP contribution in [0.3, 0.4) is 0 Å². The molecule has 0 aromatic heterocycles. The average Bonchev–Trinajstić information content (AvgIpc) is 2.50. The van der Waals surface area contributed by atoms with Gasteiger partial charge >= 0.3 is 5.97 Å². The Labute approximate surface area is 136 Å². The number of carbonyl (C=O) groups excluding carboxylic acids is 1. The molecular formula is C19H22FNO2. The summed E-state index contributed by atoms with van der Waals surface area (Å²) in [6.45, 7) is 5.17. The Morgan fingerprint density at radius 2 is 1.78 bits per heavy atom. The Kier molecular flexibility index (Phi) is 5.50. The molecule has 0 aliphatic heterocycles. The van der Waals surface area contributed by atoms with Crippen molar-refractivity contribution in [2.24, 2.45) is 5.73 Å². The van der Waals surface area contributed by atoms with E-state index in [0.29, 0.717) is 5.56 Å². The molecule has 0 saturated carbocycles. The average molecular weight is 315 g/mol. The number of hydrogen-bond donors (Lipinski definition) is 1. The summed E-state index contributed by atoms with van der Waals surface area (Å²) in [5.74, 6) is -1.19. The third-order valence-electron chi connectivity index (χ3n) is 3.79. The maximum absolute atomic E-state index is 14.5. The predicted octanol–water partition coefficient (Wildman–Crippen LogP) is 3.54. The predicted molar refractivity (Wildman–Crippen MR) is 88.6 cm³/mol. The van der Waals surface area contributed by atoms with Gasteiger partial charge in [0.05, 0.1) is 0 Å². The molecule has 0 aliphatic carbocycles. The van der Waals surface area contributed by atoms with Gasteiger partial charge in [-0.3, -0.25) is 4.79 Å². The van der Waals surface area contributed by atoms with E-state index in [1.165, 1.54) is 6.07 Å². The minimum Gasteiger partial charge on any atom is -0.461 e. The number of nitrogens with two attached hydrogens (primary N) is 1. The minimum absolute atomic E-state index is 0.303. The third-order valence-corrected chi connectivity index (χ3v) is 3.79. The summed E-state index contributed by atoms with van der Waals surface area (Å²) < 4.78 is 19.9. The molecule has 0 saturated heterocycles. The van der Waals surface area contributed by atoms with Crippen LogP contribution in [-0.2, 0) is 9.53 Å². The van der Waals surface area contributed by atoms with E-state index in [9.17, 15) is 9.18 Å². The second-order valence-corrected chi connectivity index (χ2v) is 5.84. The number of hydrogen-bond acceptors (Lipinski definition) is 3. The van der Waals surface area contributed by atoms with Crippen LogP contribution < -0.4 is 5.73 Å². The van der Waals surface area contributed by atoms with Crippen LogP contribution in [0.15, 0.2) is 48.5 Å². The summed E-state index contributed by atoms with van der Waals surface area (Å²) in [5.41, 5.74) is 7.80. The first-order chi connectivity index (χ1) is 10.9. The standard InChI is InChI=1S/C19H22FNO2/c1-12-9-10-16(17(20)11-12)18(15-7-5-4-6-8-15)14(3)23-19(22)13(2)21/h4-11,13-14,18H,21H2,1-3H3/t13-,14-,18+/m0/s1. The second kappa shape index (κ2) is 7.38. The lowest BCUT2D eigenvalue weighted by Crippen LogP contribution is -2.34. The highest BCUT2D eigenvalue weighted by Gasteiger charge is 2.27. The molecule has 0 aliphatic rings. The van der Waals surface area contributed by atoms with Gasteiger partial charge in [-0.05, 0) is 43.5 Å². The zero-order valence-electron chi connectivity index (χ0n) is 13.6. The third kappa shape index (κ3) is 4.17. The molecule has 122 valence electrons. The zero-order valence-corrected chi connectivity index (χ0v) is 13.6. The Balaban J connectivity index is 2.42. The lowest BCUT2D eigenvalue weighted by molar-refractivity contribution is -0.150. The molecule has 3 atom stereocenters. The summed E-state index contributed by atoms with van der Waals surface area (Å²) in [7, 11) is 0. The molecule has 0 fully saturated rings. The number of rotatable bonds is 5. The number of aryl methyl sites for hydroxylation is 1. The van der Waals surface area contributed by atoms with Crippen molar-refractivity contribution >= 4 is 5.97 Å². The van der Waals surface area contributed by atoms with Gasteiger partial charge in [-0.25, -0.2) is 4.39 Å². The first-order valence-electron chi connectivity index (χ1n) is 7.67. The molecule has 2 rings (SSSR count). The van der Waals surface area contributed by atoms with E-state index >= 15 is 0 Å². The van der Waals surface area contributed by atoms with Gasteiger partial charge in [-0.1, -0.05) is 42.5 Å². The Morgan fingerprint density at radius 3 is 2.35 bits per heavy atom. The van der Waals surface area contributed by atoms with Gasteiger partial charge in [0.15, 0.2) is 0 Å². The Hall–Kier alpha value is -2.20. The molecule has 0 amide bonds. The van der Waals surface area contributed by atoms with E-state index in [0.717, 1.165) is 11.1 Å². The van der Waals surface area contributed by atoms with Crippen LogP contribution in [0.4, 0.5) is 4.39 Å². The van der Waals surface area contributed by atoms with Crippen LogP contribution in [0.5, 0.6) is 0 Å². The van der Waals surface area contributed by atoms with Crippen molar-refractivity contribution in [3.63, 3.8) is 0 Å². The number of halogens is 1. The molecule has 0 heterocycles. The SMILES string of the molecule is Cc1ccc([C@@H](c2ccccc2)[C@H](C)OC(=O)[C@H](C)N)c(F)c1. The van der Waals surface area contributed by atoms with Crippen LogP contribution in [-0.4, -0.2) is 18.1 Å². The van der Waals surface area contributed by atoms with Crippen molar-refractivity contribution in [1.82, 2.24) is 0 Å². The van der Waals surface area contributed by atoms with Crippen LogP contribution >= 0.6 is 0 Å². The molecular weight excluding hydrogens is 293 g/mol. The second-order valence-electron chi connectivity index (χ2n) is 5.84. The van der Waals surface area contributed by atoms with E-state index in [1.807, 2.05) is 43.3 Å². The summed E-state index contributed by atoms with van der Waals surface area (Å²) in [5, 5.41) is 0. The fourth-order valence-corrected chi connectivity index (χ4v) is 2.61. The summed E-state index contributed by atoms with van der Waals surface area (Å²) >= 11 is 0. The van der Waals surface area contributed by atoms with Gasteiger partial charge in [0.2, 0.25) is 0 Å². The zero-order chi connectivity index (χ0) is 17.0. The van der Waals surface area contributed by atoms with Crippen molar-refractivity contribution in [3.8, 4) is 0 Å². The van der Waals surface area contributed by atoms with Gasteiger partial charge in [0, 0.05) is 5.92 Å². The fraction of sp³-hybridized carbons (Fsp3) is 0.316. The molecule has 0 unspecified atom stereocenters. The molecule has 0 spiro atoms. The normalized spacial score (nSPS) is 14.8. The van der Waals surface area contributed by atoms with Crippen LogP contribution in [0.2, 0.25) is 0 Å². The number of benzene rings is 2. The van der Waals surface area contributed by atoms with Gasteiger partial charge in [0.1, 0.15) is 18.0 Å². The summed E-state index contributed by atoms with van der Waals surface area (Å²) in [6.07, 6.45) is -0.534. The topological polar surface area (TPSA) is 52.3 Å². The van der Waals surface area contributed by atoms with Gasteiger partial charge in [-0.2, -0.15) is 0 Å². The van der Waals surface area contributed by atoms with Crippen molar-refractivity contribution in [3.05, 3.63) is 71.0 Å². The van der Waals surface area contributed by atoms with Crippen LogP contribution in [0.25, 0.3) is 0 Å². The van der Waals surface area contributed by atoms with E-state index in [-0.39, 0.29) is 11.7 Å². The first kappa shape index (κ1) is 17.2. The molecule has 2 N–H and O–H groups in total. The van der Waals surface area contributed by atoms with E-state index < -0.39 is 18.1 Å².